The summed E-state index contributed by atoms with van der Waals surface area (Å²) in [5.41, 5.74) is 1.33. The lowest BCUT2D eigenvalue weighted by Gasteiger charge is -2.31. The molecule has 1 N–H and O–H groups in total. The number of hydrogen-bond acceptors (Lipinski definition) is 4. The molecule has 1 aliphatic heterocycles. The minimum atomic E-state index is 0.993. The van der Waals surface area contributed by atoms with E-state index in [9.17, 15) is 0 Å². The summed E-state index contributed by atoms with van der Waals surface area (Å²) in [6, 6.07) is 4.16. The van der Waals surface area contributed by atoms with Gasteiger partial charge in [-0.2, -0.15) is 0 Å². The summed E-state index contributed by atoms with van der Waals surface area (Å²) < 4.78 is 0. The van der Waals surface area contributed by atoms with E-state index in [0.717, 1.165) is 39.4 Å². The second kappa shape index (κ2) is 5.94. The van der Waals surface area contributed by atoms with Crippen molar-refractivity contribution >= 4 is 0 Å². The Morgan fingerprint density at radius 1 is 1.31 bits per heavy atom. The Morgan fingerprint density at radius 2 is 2.00 bits per heavy atom. The first kappa shape index (κ1) is 11.5. The van der Waals surface area contributed by atoms with Gasteiger partial charge in [0.05, 0.1) is 6.67 Å². The number of nitrogens with one attached hydrogen (secondary N) is 1. The molecule has 1 aliphatic rings. The second-order valence-corrected chi connectivity index (χ2v) is 4.38. The predicted molar refractivity (Wildman–Crippen MR) is 65.0 cm³/mol. The van der Waals surface area contributed by atoms with Gasteiger partial charge in [0.2, 0.25) is 0 Å². The molecule has 0 bridgehead atoms. The van der Waals surface area contributed by atoms with E-state index in [-0.39, 0.29) is 0 Å². The SMILES string of the molecule is CN(Cc1ccncc1)CN1CCNCC1. The number of aromatic nitrogens is 1. The average molecular weight is 220 g/mol. The van der Waals surface area contributed by atoms with Crippen LogP contribution in [0, 0.1) is 0 Å². The van der Waals surface area contributed by atoms with E-state index in [1.54, 1.807) is 0 Å². The topological polar surface area (TPSA) is 31.4 Å². The van der Waals surface area contributed by atoms with Crippen molar-refractivity contribution in [2.24, 2.45) is 0 Å². The minimum Gasteiger partial charge on any atom is -0.314 e. The maximum atomic E-state index is 4.03. The Morgan fingerprint density at radius 3 is 2.69 bits per heavy atom. The summed E-state index contributed by atoms with van der Waals surface area (Å²) in [6.07, 6.45) is 3.71. The fourth-order valence-corrected chi connectivity index (χ4v) is 2.04. The molecule has 0 spiro atoms. The highest BCUT2D eigenvalue weighted by molar-refractivity contribution is 5.09. The molecule has 1 saturated heterocycles. The van der Waals surface area contributed by atoms with E-state index in [1.165, 1.54) is 5.56 Å². The van der Waals surface area contributed by atoms with E-state index in [4.69, 9.17) is 0 Å². The van der Waals surface area contributed by atoms with Gasteiger partial charge in [-0.3, -0.25) is 14.8 Å². The summed E-state index contributed by atoms with van der Waals surface area (Å²) in [6.45, 7) is 6.57. The van der Waals surface area contributed by atoms with Crippen LogP contribution in [-0.4, -0.2) is 54.7 Å². The zero-order valence-electron chi connectivity index (χ0n) is 9.89. The minimum absolute atomic E-state index is 0.993. The summed E-state index contributed by atoms with van der Waals surface area (Å²) in [7, 11) is 2.17. The number of nitrogens with zero attached hydrogens (tertiary/aromatic N) is 3. The summed E-state index contributed by atoms with van der Waals surface area (Å²) >= 11 is 0. The molecular formula is C12H20N4. The standard InChI is InChI=1S/C12H20N4/c1-15(10-12-2-4-13-5-3-12)11-16-8-6-14-7-9-16/h2-5,14H,6-11H2,1H3. The van der Waals surface area contributed by atoms with Crippen molar-refractivity contribution in [3.8, 4) is 0 Å². The first-order valence-corrected chi connectivity index (χ1v) is 5.85. The van der Waals surface area contributed by atoms with Crippen molar-refractivity contribution in [2.45, 2.75) is 6.54 Å². The Kier molecular flexibility index (Phi) is 4.27. The third kappa shape index (κ3) is 3.56. The zero-order valence-corrected chi connectivity index (χ0v) is 9.89. The Labute approximate surface area is 97.3 Å². The van der Waals surface area contributed by atoms with Crippen molar-refractivity contribution in [3.05, 3.63) is 30.1 Å². The number of rotatable bonds is 4. The van der Waals surface area contributed by atoms with Crippen molar-refractivity contribution < 1.29 is 0 Å². The van der Waals surface area contributed by atoms with Crippen LogP contribution in [0.5, 0.6) is 0 Å². The maximum absolute atomic E-state index is 4.03. The van der Waals surface area contributed by atoms with Crippen molar-refractivity contribution in [3.63, 3.8) is 0 Å². The molecule has 2 heterocycles. The van der Waals surface area contributed by atoms with E-state index >= 15 is 0 Å². The lowest BCUT2D eigenvalue weighted by Crippen LogP contribution is -2.47. The quantitative estimate of drug-likeness (QED) is 0.795. The van der Waals surface area contributed by atoms with Gasteiger partial charge in [-0.1, -0.05) is 0 Å². The lowest BCUT2D eigenvalue weighted by molar-refractivity contribution is 0.135. The second-order valence-electron chi connectivity index (χ2n) is 4.38. The van der Waals surface area contributed by atoms with E-state index in [0.29, 0.717) is 0 Å². The molecule has 1 aromatic heterocycles. The molecule has 2 rings (SSSR count). The van der Waals surface area contributed by atoms with Gasteiger partial charge in [-0.05, 0) is 24.7 Å². The van der Waals surface area contributed by atoms with Gasteiger partial charge in [0, 0.05) is 45.1 Å². The normalized spacial score (nSPS) is 17.9. The molecule has 0 unspecified atom stereocenters. The van der Waals surface area contributed by atoms with Crippen LogP contribution in [0.1, 0.15) is 5.56 Å². The Bertz CT molecular complexity index is 295. The zero-order chi connectivity index (χ0) is 11.2. The van der Waals surface area contributed by atoms with Gasteiger partial charge < -0.3 is 5.32 Å². The molecule has 4 nitrogen and oxygen atoms in total. The van der Waals surface area contributed by atoms with Gasteiger partial charge in [-0.25, -0.2) is 0 Å². The lowest BCUT2D eigenvalue weighted by atomic mass is 10.2. The van der Waals surface area contributed by atoms with Gasteiger partial charge in [0.15, 0.2) is 0 Å². The summed E-state index contributed by atoms with van der Waals surface area (Å²) in [4.78, 5) is 8.86. The van der Waals surface area contributed by atoms with Gasteiger partial charge in [0.25, 0.3) is 0 Å². The molecule has 0 aromatic carbocycles. The molecule has 0 amide bonds. The molecular weight excluding hydrogens is 200 g/mol. The molecule has 16 heavy (non-hydrogen) atoms. The molecule has 88 valence electrons. The van der Waals surface area contributed by atoms with Crippen LogP contribution in [0.25, 0.3) is 0 Å². The van der Waals surface area contributed by atoms with Crippen molar-refractivity contribution in [1.29, 1.82) is 0 Å². The highest BCUT2D eigenvalue weighted by Gasteiger charge is 2.11. The molecule has 0 saturated carbocycles. The predicted octanol–water partition coefficient (Wildman–Crippen LogP) is 0.376. The van der Waals surface area contributed by atoms with Crippen LogP contribution in [-0.2, 0) is 6.54 Å². The first-order chi connectivity index (χ1) is 7.84. The number of hydrogen-bond donors (Lipinski definition) is 1. The summed E-state index contributed by atoms with van der Waals surface area (Å²) in [5.74, 6) is 0. The van der Waals surface area contributed by atoms with Crippen LogP contribution in [0.15, 0.2) is 24.5 Å². The molecule has 1 fully saturated rings. The van der Waals surface area contributed by atoms with Crippen LogP contribution < -0.4 is 5.32 Å². The third-order valence-electron chi connectivity index (χ3n) is 2.85. The molecule has 4 heteroatoms. The van der Waals surface area contributed by atoms with Crippen LogP contribution in [0.4, 0.5) is 0 Å². The smallest absolute Gasteiger partial charge is 0.0507 e. The fraction of sp³-hybridized carbons (Fsp3) is 0.583. The highest BCUT2D eigenvalue weighted by Crippen LogP contribution is 2.02. The van der Waals surface area contributed by atoms with Crippen LogP contribution in [0.3, 0.4) is 0 Å². The number of pyridine rings is 1. The van der Waals surface area contributed by atoms with Crippen LogP contribution in [0.2, 0.25) is 0 Å². The first-order valence-electron chi connectivity index (χ1n) is 5.85. The Balaban J connectivity index is 1.77. The van der Waals surface area contributed by atoms with Crippen molar-refractivity contribution in [1.82, 2.24) is 20.1 Å². The summed E-state index contributed by atoms with van der Waals surface area (Å²) in [5, 5.41) is 3.37. The van der Waals surface area contributed by atoms with Gasteiger partial charge in [-0.15, -0.1) is 0 Å². The molecule has 0 radical (unpaired) electrons. The van der Waals surface area contributed by atoms with E-state index in [1.807, 2.05) is 12.4 Å². The van der Waals surface area contributed by atoms with Crippen LogP contribution >= 0.6 is 0 Å². The molecule has 0 atom stereocenters. The average Bonchev–Trinajstić information content (AvgIpc) is 2.31. The van der Waals surface area contributed by atoms with Gasteiger partial charge in [0.1, 0.15) is 0 Å². The maximum Gasteiger partial charge on any atom is 0.0507 e. The monoisotopic (exact) mass is 220 g/mol. The Hall–Kier alpha value is -0.970. The third-order valence-corrected chi connectivity index (χ3v) is 2.85. The highest BCUT2D eigenvalue weighted by atomic mass is 15.3. The molecule has 0 aliphatic carbocycles. The van der Waals surface area contributed by atoms with E-state index in [2.05, 4.69) is 39.3 Å². The largest absolute Gasteiger partial charge is 0.314 e. The molecule has 1 aromatic rings. The van der Waals surface area contributed by atoms with Crippen molar-refractivity contribution in [2.75, 3.05) is 39.9 Å². The van der Waals surface area contributed by atoms with E-state index < -0.39 is 0 Å². The van der Waals surface area contributed by atoms with Gasteiger partial charge >= 0.3 is 0 Å². The fourth-order valence-electron chi connectivity index (χ4n) is 2.04. The number of piperazine rings is 1.